The highest BCUT2D eigenvalue weighted by Crippen LogP contribution is 2.23. The number of fused-ring (bicyclic) bond motifs is 3. The van der Waals surface area contributed by atoms with Crippen LogP contribution in [0.1, 0.15) is 95.8 Å². The number of aliphatic hydroxyl groups is 1. The van der Waals surface area contributed by atoms with Gasteiger partial charge in [0.15, 0.2) is 0 Å². The molecule has 0 spiro atoms. The van der Waals surface area contributed by atoms with Crippen molar-refractivity contribution in [1.29, 1.82) is 0 Å². The number of carboxylic acid groups (broad SMARTS) is 1. The number of H-pyrrole nitrogens is 3. The van der Waals surface area contributed by atoms with Crippen molar-refractivity contribution in [3.05, 3.63) is 108 Å². The quantitative estimate of drug-likeness (QED) is 0.0258. The van der Waals surface area contributed by atoms with E-state index in [1.54, 1.807) is 18.6 Å². The summed E-state index contributed by atoms with van der Waals surface area (Å²) in [5.41, 5.74) is 21.7. The van der Waals surface area contributed by atoms with Gasteiger partial charge in [0, 0.05) is 70.6 Å². The van der Waals surface area contributed by atoms with Crippen molar-refractivity contribution < 1.29 is 48.6 Å². The summed E-state index contributed by atoms with van der Waals surface area (Å²) in [6.45, 7) is 7.27. The normalized spacial score (nSPS) is 14.5. The summed E-state index contributed by atoms with van der Waals surface area (Å²) in [4.78, 5) is 122. The molecule has 3 heterocycles. The van der Waals surface area contributed by atoms with Crippen molar-refractivity contribution in [2.75, 3.05) is 19.7 Å². The number of rotatable bonds is 34. The van der Waals surface area contributed by atoms with Gasteiger partial charge in [-0.15, -0.1) is 0 Å². The molecule has 6 aromatic rings. The predicted octanol–water partition coefficient (Wildman–Crippen LogP) is 2.31. The molecule has 23 nitrogen and oxygen atoms in total. The first kappa shape index (κ1) is 64.1. The average molecular weight is 1150 g/mol. The Morgan fingerprint density at radius 3 is 1.16 bits per heavy atom. The fourth-order valence-corrected chi connectivity index (χ4v) is 10.1. The van der Waals surface area contributed by atoms with Crippen LogP contribution in [-0.2, 0) is 57.6 Å². The Kier molecular flexibility index (Phi) is 24.2. The highest BCUT2D eigenvalue weighted by atomic mass is 16.4. The smallest absolute Gasteiger partial charge is 0.326 e. The maximum atomic E-state index is 14.9. The largest absolute Gasteiger partial charge is 0.480 e. The zero-order chi connectivity index (χ0) is 60.2. The zero-order valence-electron chi connectivity index (χ0n) is 47.7. The molecule has 0 aliphatic heterocycles. The number of hydrogen-bond acceptors (Lipinski definition) is 12. The summed E-state index contributed by atoms with van der Waals surface area (Å²) in [6, 6.07) is 11.8. The third-order valence-electron chi connectivity index (χ3n) is 14.6. The number of aliphatic hydroxyl groups excluding tert-OH is 1. The van der Waals surface area contributed by atoms with Gasteiger partial charge in [-0.1, -0.05) is 88.7 Å². The number of carbonyl (C=O) groups is 8. The Morgan fingerprint density at radius 1 is 0.434 bits per heavy atom. The first-order chi connectivity index (χ1) is 39.8. The molecule has 6 rings (SSSR count). The van der Waals surface area contributed by atoms with Gasteiger partial charge in [-0.05, 0) is 105 Å². The van der Waals surface area contributed by atoms with E-state index >= 15 is 0 Å². The summed E-state index contributed by atoms with van der Waals surface area (Å²) in [6.07, 6.45) is 7.50. The topological polar surface area (TPSA) is 387 Å². The standard InChI is InChI=1S/C60H83N13O10/c1-34(2)25-47(68-57(79)49(27-36-30-64-43-19-8-5-15-39(36)43)70-54(76)46(22-12-14-24-62)67-59(81)52(33-74)73-53(75)42(63)18-11-13-23-61)55(77)71-50(28-37-31-65-44-20-9-6-16-40(37)44)58(80)69-48(26-35(3)4)56(78)72-51(60(82)83)29-38-32-66-45-21-10-7-17-41(38)45/h5-10,15-17,19-21,30-32,34-35,42,46-52,64-66,74H,11-14,18,22-29,33,61-63H2,1-4H3,(H,67,81)(H,68,79)(H,69,80)(H,70,76)(H,71,77)(H,72,78)(H,73,75)(H,82,83)/t42-,46-,47-,48-,49-,50-,51-,52-/m0/s1. The Balaban J connectivity index is 1.26. The lowest BCUT2D eigenvalue weighted by molar-refractivity contribution is -0.142. The summed E-state index contributed by atoms with van der Waals surface area (Å²) in [5.74, 6) is -6.96. The zero-order valence-corrected chi connectivity index (χ0v) is 47.7. The first-order valence-corrected chi connectivity index (χ1v) is 28.6. The van der Waals surface area contributed by atoms with E-state index in [4.69, 9.17) is 17.2 Å². The van der Waals surface area contributed by atoms with Crippen LogP contribution in [0, 0.1) is 11.8 Å². The van der Waals surface area contributed by atoms with Crippen molar-refractivity contribution in [1.82, 2.24) is 52.2 Å². The third-order valence-corrected chi connectivity index (χ3v) is 14.6. The number of para-hydroxylation sites is 3. The second-order valence-corrected chi connectivity index (χ2v) is 22.1. The SMILES string of the molecule is CC(C)C[C@H](NC(=O)[C@H](Cc1c[nH]c2ccccc12)NC(=O)[C@H](CC(C)C)NC(=O)[C@H](Cc1c[nH]c2ccccc12)NC(=O)[C@H](CCCCN)NC(=O)[C@H](CO)NC(=O)[C@@H](N)CCCCN)C(=O)N[C@@H](Cc1c[nH]c2ccccc12)C(=O)O. The van der Waals surface area contributed by atoms with Gasteiger partial charge in [0.05, 0.1) is 12.6 Å². The second-order valence-electron chi connectivity index (χ2n) is 22.1. The number of carbonyl (C=O) groups excluding carboxylic acids is 7. The number of aromatic nitrogens is 3. The minimum absolute atomic E-state index is 0.0490. The molecular formula is C60H83N13O10. The highest BCUT2D eigenvalue weighted by molar-refractivity contribution is 5.99. The number of hydrogen-bond donors (Lipinski definition) is 15. The molecule has 0 aliphatic rings. The van der Waals surface area contributed by atoms with Gasteiger partial charge >= 0.3 is 5.97 Å². The van der Waals surface area contributed by atoms with Gasteiger partial charge in [-0.3, -0.25) is 33.6 Å². The van der Waals surface area contributed by atoms with E-state index in [0.29, 0.717) is 55.3 Å². The summed E-state index contributed by atoms with van der Waals surface area (Å²) in [5, 5.41) is 42.1. The van der Waals surface area contributed by atoms with Crippen LogP contribution in [0.3, 0.4) is 0 Å². The van der Waals surface area contributed by atoms with E-state index in [-0.39, 0.29) is 56.9 Å². The van der Waals surface area contributed by atoms with Crippen molar-refractivity contribution in [2.24, 2.45) is 29.0 Å². The van der Waals surface area contributed by atoms with Gasteiger partial charge in [0.1, 0.15) is 42.3 Å². The van der Waals surface area contributed by atoms with Crippen LogP contribution in [0.4, 0.5) is 0 Å². The van der Waals surface area contributed by atoms with Crippen LogP contribution < -0.4 is 54.4 Å². The number of aromatic amines is 3. The van der Waals surface area contributed by atoms with Crippen molar-refractivity contribution in [2.45, 2.75) is 147 Å². The lowest BCUT2D eigenvalue weighted by atomic mass is 9.98. The molecule has 8 atom stereocenters. The Morgan fingerprint density at radius 2 is 0.759 bits per heavy atom. The lowest BCUT2D eigenvalue weighted by Crippen LogP contribution is -2.61. The number of carboxylic acids is 1. The molecule has 23 heteroatoms. The molecule has 0 fully saturated rings. The Hall–Kier alpha value is -8.12. The number of nitrogens with one attached hydrogen (secondary N) is 10. The number of unbranched alkanes of at least 4 members (excludes halogenated alkanes) is 2. The fourth-order valence-electron chi connectivity index (χ4n) is 10.1. The van der Waals surface area contributed by atoms with Crippen LogP contribution in [0.5, 0.6) is 0 Å². The molecule has 18 N–H and O–H groups in total. The summed E-state index contributed by atoms with van der Waals surface area (Å²) >= 11 is 0. The van der Waals surface area contributed by atoms with Crippen LogP contribution in [-0.4, -0.2) is 141 Å². The van der Waals surface area contributed by atoms with E-state index in [2.05, 4.69) is 52.2 Å². The Labute approximate surface area is 482 Å². The summed E-state index contributed by atoms with van der Waals surface area (Å²) < 4.78 is 0. The van der Waals surface area contributed by atoms with Crippen molar-refractivity contribution in [3.63, 3.8) is 0 Å². The number of benzene rings is 3. The third kappa shape index (κ3) is 18.4. The highest BCUT2D eigenvalue weighted by Gasteiger charge is 2.36. The summed E-state index contributed by atoms with van der Waals surface area (Å²) in [7, 11) is 0. The second kappa shape index (κ2) is 31.4. The van der Waals surface area contributed by atoms with E-state index in [9.17, 15) is 48.6 Å². The maximum absolute atomic E-state index is 14.9. The van der Waals surface area contributed by atoms with Crippen LogP contribution in [0.25, 0.3) is 32.7 Å². The predicted molar refractivity (Wildman–Crippen MR) is 317 cm³/mol. The van der Waals surface area contributed by atoms with Crippen molar-refractivity contribution in [3.8, 4) is 0 Å². The van der Waals surface area contributed by atoms with Crippen LogP contribution in [0.15, 0.2) is 91.4 Å². The Bertz CT molecular complexity index is 3150. The van der Waals surface area contributed by atoms with Gasteiger partial charge < -0.3 is 79.6 Å². The molecule has 7 amide bonds. The molecule has 0 radical (unpaired) electrons. The number of amides is 7. The van der Waals surface area contributed by atoms with Gasteiger partial charge in [0.25, 0.3) is 0 Å². The van der Waals surface area contributed by atoms with E-state index in [1.165, 1.54) is 0 Å². The molecule has 0 unspecified atom stereocenters. The number of nitrogens with two attached hydrogens (primary N) is 3. The molecule has 0 saturated carbocycles. The monoisotopic (exact) mass is 1150 g/mol. The van der Waals surface area contributed by atoms with Gasteiger partial charge in [-0.2, -0.15) is 0 Å². The average Bonchev–Trinajstić information content (AvgIpc) is 4.43. The molecule has 83 heavy (non-hydrogen) atoms. The molecule has 3 aromatic carbocycles. The molecule has 448 valence electrons. The van der Waals surface area contributed by atoms with Crippen molar-refractivity contribution >= 4 is 80.0 Å². The molecule has 0 aliphatic carbocycles. The maximum Gasteiger partial charge on any atom is 0.326 e. The van der Waals surface area contributed by atoms with Crippen LogP contribution >= 0.6 is 0 Å². The first-order valence-electron chi connectivity index (χ1n) is 28.6. The molecule has 0 saturated heterocycles. The van der Waals surface area contributed by atoms with Gasteiger partial charge in [-0.25, -0.2) is 4.79 Å². The lowest BCUT2D eigenvalue weighted by Gasteiger charge is -2.29. The minimum atomic E-state index is -1.47. The molecule has 0 bridgehead atoms. The van der Waals surface area contributed by atoms with E-state index in [1.807, 2.05) is 100 Å². The molecular weight excluding hydrogens is 1060 g/mol. The van der Waals surface area contributed by atoms with E-state index < -0.39 is 102 Å². The number of aliphatic carboxylic acids is 1. The van der Waals surface area contributed by atoms with Crippen LogP contribution in [0.2, 0.25) is 0 Å². The fraction of sp³-hybridized carbons (Fsp3) is 0.467. The molecule has 3 aromatic heterocycles. The van der Waals surface area contributed by atoms with Gasteiger partial charge in [0.2, 0.25) is 41.4 Å². The minimum Gasteiger partial charge on any atom is -0.480 e. The van der Waals surface area contributed by atoms with E-state index in [0.717, 1.165) is 32.7 Å².